The molecule has 0 aromatic carbocycles. The lowest BCUT2D eigenvalue weighted by atomic mass is 10.4. The molecule has 1 heterocycles. The lowest BCUT2D eigenvalue weighted by Gasteiger charge is -2.19. The first kappa shape index (κ1) is 6.51. The molecule has 0 aliphatic carbocycles. The maximum atomic E-state index is 10.3. The summed E-state index contributed by atoms with van der Waals surface area (Å²) in [6.45, 7) is 0.876. The summed E-state index contributed by atoms with van der Waals surface area (Å²) in [6.07, 6.45) is 0.939. The normalized spacial score (nSPS) is 21.8. The van der Waals surface area contributed by atoms with Crippen molar-refractivity contribution in [2.45, 2.75) is 6.29 Å². The standard InChI is InChI=1S/C5H8NO3/c6-4(7)5-8-2-1-3-9-5/h1,5H,2-3H2,(H2,6,7). The summed E-state index contributed by atoms with van der Waals surface area (Å²) < 4.78 is 9.57. The number of hydrogen-bond acceptors (Lipinski definition) is 3. The molecule has 1 saturated heterocycles. The fraction of sp³-hybridized carbons (Fsp3) is 0.600. The highest BCUT2D eigenvalue weighted by Crippen LogP contribution is 2.01. The highest BCUT2D eigenvalue weighted by atomic mass is 16.7. The molecular weight excluding hydrogens is 122 g/mol. The van der Waals surface area contributed by atoms with E-state index in [0.29, 0.717) is 13.2 Å². The molecule has 9 heavy (non-hydrogen) atoms. The second-order valence-electron chi connectivity index (χ2n) is 1.69. The van der Waals surface area contributed by atoms with Gasteiger partial charge in [-0.1, -0.05) is 0 Å². The minimum Gasteiger partial charge on any atom is -0.365 e. The smallest absolute Gasteiger partial charge is 0.274 e. The van der Waals surface area contributed by atoms with Crippen LogP contribution in [0.4, 0.5) is 0 Å². The maximum absolute atomic E-state index is 10.3. The van der Waals surface area contributed by atoms with Crippen LogP contribution < -0.4 is 5.73 Å². The Labute approximate surface area is 52.9 Å². The first-order valence-electron chi connectivity index (χ1n) is 2.65. The van der Waals surface area contributed by atoms with Gasteiger partial charge in [0.2, 0.25) is 6.29 Å². The van der Waals surface area contributed by atoms with E-state index < -0.39 is 12.2 Å². The summed E-state index contributed by atoms with van der Waals surface area (Å²) in [6, 6.07) is 0. The zero-order chi connectivity index (χ0) is 6.69. The molecule has 1 radical (unpaired) electrons. The molecule has 0 unspecified atom stereocenters. The van der Waals surface area contributed by atoms with Crippen LogP contribution in [0, 0.1) is 6.42 Å². The van der Waals surface area contributed by atoms with Crippen molar-refractivity contribution in [3.63, 3.8) is 0 Å². The van der Waals surface area contributed by atoms with Gasteiger partial charge in [0.1, 0.15) is 0 Å². The van der Waals surface area contributed by atoms with Crippen LogP contribution >= 0.6 is 0 Å². The summed E-state index contributed by atoms with van der Waals surface area (Å²) in [7, 11) is 0. The van der Waals surface area contributed by atoms with Crippen LogP contribution in [-0.4, -0.2) is 25.4 Å². The van der Waals surface area contributed by atoms with E-state index in [0.717, 1.165) is 0 Å². The molecule has 0 bridgehead atoms. The minimum atomic E-state index is -0.838. The summed E-state index contributed by atoms with van der Waals surface area (Å²) in [5.74, 6) is -0.567. The van der Waals surface area contributed by atoms with Gasteiger partial charge < -0.3 is 15.2 Å². The lowest BCUT2D eigenvalue weighted by molar-refractivity contribution is -0.176. The van der Waals surface area contributed by atoms with Crippen LogP contribution in [0.25, 0.3) is 0 Å². The molecule has 0 saturated carbocycles. The zero-order valence-corrected chi connectivity index (χ0v) is 4.87. The molecule has 0 aromatic rings. The van der Waals surface area contributed by atoms with E-state index >= 15 is 0 Å². The van der Waals surface area contributed by atoms with Crippen LogP contribution in [0.5, 0.6) is 0 Å². The third-order valence-electron chi connectivity index (χ3n) is 0.963. The molecule has 4 nitrogen and oxygen atoms in total. The first-order valence-corrected chi connectivity index (χ1v) is 2.65. The van der Waals surface area contributed by atoms with Gasteiger partial charge in [0.15, 0.2) is 0 Å². The van der Waals surface area contributed by atoms with Gasteiger partial charge in [-0.2, -0.15) is 0 Å². The Hall–Kier alpha value is -0.610. The predicted molar refractivity (Wildman–Crippen MR) is 29.2 cm³/mol. The van der Waals surface area contributed by atoms with Crippen LogP contribution in [0.15, 0.2) is 0 Å². The largest absolute Gasteiger partial charge is 0.365 e. The van der Waals surface area contributed by atoms with Crippen molar-refractivity contribution < 1.29 is 14.3 Å². The molecule has 4 heteroatoms. The quantitative estimate of drug-likeness (QED) is 0.497. The Morgan fingerprint density at radius 1 is 1.56 bits per heavy atom. The van der Waals surface area contributed by atoms with E-state index in [1.165, 1.54) is 0 Å². The minimum absolute atomic E-state index is 0.438. The molecular formula is C5H8NO3. The summed E-state index contributed by atoms with van der Waals surface area (Å²) in [5.41, 5.74) is 4.86. The number of rotatable bonds is 1. The van der Waals surface area contributed by atoms with Gasteiger partial charge in [-0.15, -0.1) is 0 Å². The van der Waals surface area contributed by atoms with E-state index in [4.69, 9.17) is 15.2 Å². The maximum Gasteiger partial charge on any atom is 0.274 e. The fourth-order valence-electron chi connectivity index (χ4n) is 0.571. The number of carbonyl (C=O) groups excluding carboxylic acids is 1. The van der Waals surface area contributed by atoms with Crippen molar-refractivity contribution in [1.82, 2.24) is 0 Å². The monoisotopic (exact) mass is 130 g/mol. The predicted octanol–water partition coefficient (Wildman–Crippen LogP) is -0.951. The van der Waals surface area contributed by atoms with Crippen molar-refractivity contribution in [3.8, 4) is 0 Å². The highest BCUT2D eigenvalue weighted by molar-refractivity contribution is 5.77. The third kappa shape index (κ3) is 1.65. The van der Waals surface area contributed by atoms with Crippen molar-refractivity contribution >= 4 is 5.91 Å². The number of nitrogens with two attached hydrogens (primary N) is 1. The summed E-state index contributed by atoms with van der Waals surface area (Å²) in [4.78, 5) is 10.3. The van der Waals surface area contributed by atoms with Crippen molar-refractivity contribution in [2.24, 2.45) is 5.73 Å². The zero-order valence-electron chi connectivity index (χ0n) is 4.87. The fourth-order valence-corrected chi connectivity index (χ4v) is 0.571. The number of amides is 1. The Morgan fingerprint density at radius 2 is 2.11 bits per heavy atom. The van der Waals surface area contributed by atoms with E-state index in [-0.39, 0.29) is 0 Å². The topological polar surface area (TPSA) is 61.6 Å². The average Bonchev–Trinajstić information content (AvgIpc) is 1.90. The van der Waals surface area contributed by atoms with E-state index in [1.54, 1.807) is 6.42 Å². The van der Waals surface area contributed by atoms with Crippen LogP contribution in [-0.2, 0) is 14.3 Å². The van der Waals surface area contributed by atoms with Gasteiger partial charge in [-0.25, -0.2) is 0 Å². The van der Waals surface area contributed by atoms with Gasteiger partial charge in [0, 0.05) is 6.42 Å². The number of carbonyl (C=O) groups is 1. The average molecular weight is 130 g/mol. The Kier molecular flexibility index (Phi) is 2.02. The van der Waals surface area contributed by atoms with Crippen LogP contribution in [0.3, 0.4) is 0 Å². The Balaban J connectivity index is 2.31. The van der Waals surface area contributed by atoms with Crippen molar-refractivity contribution in [3.05, 3.63) is 6.42 Å². The van der Waals surface area contributed by atoms with Crippen molar-refractivity contribution in [1.29, 1.82) is 0 Å². The van der Waals surface area contributed by atoms with Gasteiger partial charge in [-0.05, 0) is 0 Å². The molecule has 1 aliphatic rings. The SMILES string of the molecule is NC(=O)C1OC[CH]CO1. The lowest BCUT2D eigenvalue weighted by Crippen LogP contribution is -2.37. The van der Waals surface area contributed by atoms with Gasteiger partial charge in [0.05, 0.1) is 13.2 Å². The molecule has 0 aromatic heterocycles. The number of primary amides is 1. The van der Waals surface area contributed by atoms with Crippen LogP contribution in [0.2, 0.25) is 0 Å². The molecule has 1 rings (SSSR count). The van der Waals surface area contributed by atoms with Gasteiger partial charge in [0.25, 0.3) is 5.91 Å². The van der Waals surface area contributed by atoms with E-state index in [9.17, 15) is 4.79 Å². The van der Waals surface area contributed by atoms with E-state index in [1.807, 2.05) is 0 Å². The molecule has 1 amide bonds. The molecule has 51 valence electrons. The first-order chi connectivity index (χ1) is 4.30. The second kappa shape index (κ2) is 2.80. The van der Waals surface area contributed by atoms with Crippen LogP contribution in [0.1, 0.15) is 0 Å². The molecule has 0 atom stereocenters. The number of ether oxygens (including phenoxy) is 2. The Morgan fingerprint density at radius 3 is 2.44 bits per heavy atom. The summed E-state index contributed by atoms with van der Waals surface area (Å²) in [5, 5.41) is 0. The van der Waals surface area contributed by atoms with Crippen molar-refractivity contribution in [2.75, 3.05) is 13.2 Å². The van der Waals surface area contributed by atoms with Gasteiger partial charge >= 0.3 is 0 Å². The molecule has 0 spiro atoms. The molecule has 2 N–H and O–H groups in total. The third-order valence-corrected chi connectivity index (χ3v) is 0.963. The molecule has 1 fully saturated rings. The Bertz CT molecular complexity index is 109. The second-order valence-corrected chi connectivity index (χ2v) is 1.69. The highest BCUT2D eigenvalue weighted by Gasteiger charge is 2.19. The number of hydrogen-bond donors (Lipinski definition) is 1. The van der Waals surface area contributed by atoms with Gasteiger partial charge in [-0.3, -0.25) is 4.79 Å². The summed E-state index contributed by atoms with van der Waals surface area (Å²) >= 11 is 0. The van der Waals surface area contributed by atoms with E-state index in [2.05, 4.69) is 0 Å². The molecule has 1 aliphatic heterocycles.